The van der Waals surface area contributed by atoms with Gasteiger partial charge in [0.25, 0.3) is 0 Å². The summed E-state index contributed by atoms with van der Waals surface area (Å²) >= 11 is 4.93. The summed E-state index contributed by atoms with van der Waals surface area (Å²) < 4.78 is 28.1. The van der Waals surface area contributed by atoms with E-state index in [1.807, 2.05) is 0 Å². The van der Waals surface area contributed by atoms with Crippen molar-refractivity contribution in [2.75, 3.05) is 0 Å². The van der Waals surface area contributed by atoms with Crippen molar-refractivity contribution in [2.24, 2.45) is 5.73 Å². The van der Waals surface area contributed by atoms with Crippen molar-refractivity contribution in [1.29, 1.82) is 0 Å². The van der Waals surface area contributed by atoms with Gasteiger partial charge in [-0.2, -0.15) is 0 Å². The van der Waals surface area contributed by atoms with Crippen LogP contribution in [0.25, 0.3) is 0 Å². The smallest absolute Gasteiger partial charge is 0.241 e. The predicted molar refractivity (Wildman–Crippen MR) is 88.9 cm³/mol. The minimum atomic E-state index is -3.53. The predicted octanol–water partition coefficient (Wildman–Crippen LogP) is 2.63. The van der Waals surface area contributed by atoms with Crippen LogP contribution in [0.2, 0.25) is 0 Å². The number of rotatable bonds is 4. The average Bonchev–Trinajstić information content (AvgIpc) is 2.66. The van der Waals surface area contributed by atoms with Crippen molar-refractivity contribution in [3.63, 3.8) is 0 Å². The van der Waals surface area contributed by atoms with Crippen molar-refractivity contribution in [3.05, 3.63) is 29.3 Å². The molecule has 0 heterocycles. The zero-order valence-corrected chi connectivity index (χ0v) is 13.9. The Morgan fingerprint density at radius 1 is 1.24 bits per heavy atom. The molecule has 0 amide bonds. The van der Waals surface area contributed by atoms with Gasteiger partial charge in [0.1, 0.15) is 4.99 Å². The minimum Gasteiger partial charge on any atom is -0.389 e. The Balaban J connectivity index is 2.26. The molecule has 1 aromatic rings. The van der Waals surface area contributed by atoms with Gasteiger partial charge in [-0.05, 0) is 31.4 Å². The van der Waals surface area contributed by atoms with Gasteiger partial charge in [0, 0.05) is 11.6 Å². The van der Waals surface area contributed by atoms with Crippen molar-refractivity contribution in [3.8, 4) is 0 Å². The molecule has 1 aliphatic rings. The van der Waals surface area contributed by atoms with Gasteiger partial charge in [0.05, 0.1) is 4.90 Å². The Bertz CT molecular complexity index is 619. The summed E-state index contributed by atoms with van der Waals surface area (Å²) in [5.41, 5.74) is 6.88. The number of sulfonamides is 1. The molecule has 0 aliphatic heterocycles. The van der Waals surface area contributed by atoms with Gasteiger partial charge < -0.3 is 5.73 Å². The lowest BCUT2D eigenvalue weighted by Crippen LogP contribution is -2.34. The Labute approximate surface area is 132 Å². The molecule has 0 bridgehead atoms. The number of hydrogen-bond donors (Lipinski definition) is 2. The first kappa shape index (κ1) is 16.4. The molecule has 0 aromatic heterocycles. The van der Waals surface area contributed by atoms with E-state index in [1.54, 1.807) is 25.1 Å². The second-order valence-electron chi connectivity index (χ2n) is 5.65. The Hall–Kier alpha value is -0.980. The number of thiocarbonyl (C=S) groups is 1. The SMILES string of the molecule is Cc1ccc(C(N)=S)cc1S(=O)(=O)NC1CCCCCC1. The van der Waals surface area contributed by atoms with E-state index in [-0.39, 0.29) is 15.9 Å². The molecule has 1 aromatic carbocycles. The number of aryl methyl sites for hydroxylation is 1. The van der Waals surface area contributed by atoms with Crippen molar-refractivity contribution < 1.29 is 8.42 Å². The van der Waals surface area contributed by atoms with Crippen LogP contribution in [-0.4, -0.2) is 19.4 Å². The Morgan fingerprint density at radius 3 is 2.43 bits per heavy atom. The van der Waals surface area contributed by atoms with E-state index in [9.17, 15) is 8.42 Å². The first-order chi connectivity index (χ1) is 9.90. The normalized spacial score (nSPS) is 17.4. The Kier molecular flexibility index (Phi) is 5.35. The summed E-state index contributed by atoms with van der Waals surface area (Å²) in [6.07, 6.45) is 6.36. The molecule has 1 aliphatic carbocycles. The maximum atomic E-state index is 12.6. The summed E-state index contributed by atoms with van der Waals surface area (Å²) in [5, 5.41) is 0. The van der Waals surface area contributed by atoms with Gasteiger partial charge in [0.15, 0.2) is 0 Å². The van der Waals surface area contributed by atoms with Crippen LogP contribution in [0.15, 0.2) is 23.1 Å². The monoisotopic (exact) mass is 326 g/mol. The van der Waals surface area contributed by atoms with E-state index < -0.39 is 10.0 Å². The molecule has 1 fully saturated rings. The van der Waals surface area contributed by atoms with Gasteiger partial charge in [-0.15, -0.1) is 0 Å². The first-order valence-electron chi connectivity index (χ1n) is 7.33. The molecule has 0 spiro atoms. The highest BCUT2D eigenvalue weighted by atomic mass is 32.2. The van der Waals surface area contributed by atoms with Gasteiger partial charge in [-0.25, -0.2) is 13.1 Å². The molecule has 0 unspecified atom stereocenters. The fraction of sp³-hybridized carbons (Fsp3) is 0.533. The maximum Gasteiger partial charge on any atom is 0.241 e. The third-order valence-corrected chi connectivity index (χ3v) is 5.84. The van der Waals surface area contributed by atoms with Crippen LogP contribution < -0.4 is 10.5 Å². The minimum absolute atomic E-state index is 0.0328. The fourth-order valence-electron chi connectivity index (χ4n) is 2.72. The standard InChI is InChI=1S/C15H22N2O2S2/c1-11-8-9-12(15(16)20)10-14(11)21(18,19)17-13-6-4-2-3-5-7-13/h8-10,13,17H,2-7H2,1H3,(H2,16,20). The second kappa shape index (κ2) is 6.85. The molecular weight excluding hydrogens is 304 g/mol. The number of nitrogens with one attached hydrogen (secondary N) is 1. The first-order valence-corrected chi connectivity index (χ1v) is 9.22. The Morgan fingerprint density at radius 2 is 1.86 bits per heavy atom. The summed E-state index contributed by atoms with van der Waals surface area (Å²) in [6.45, 7) is 1.78. The highest BCUT2D eigenvalue weighted by Crippen LogP contribution is 2.22. The summed E-state index contributed by atoms with van der Waals surface area (Å²) in [6, 6.07) is 5.10. The van der Waals surface area contributed by atoms with Crippen molar-refractivity contribution in [2.45, 2.75) is 56.4 Å². The molecule has 1 saturated carbocycles. The van der Waals surface area contributed by atoms with Crippen LogP contribution in [0.4, 0.5) is 0 Å². The fourth-order valence-corrected chi connectivity index (χ4v) is 4.43. The second-order valence-corrected chi connectivity index (χ2v) is 7.78. The maximum absolute atomic E-state index is 12.6. The molecule has 0 atom stereocenters. The van der Waals surface area contributed by atoms with E-state index in [1.165, 1.54) is 12.8 Å². The van der Waals surface area contributed by atoms with E-state index in [2.05, 4.69) is 4.72 Å². The average molecular weight is 326 g/mol. The lowest BCUT2D eigenvalue weighted by Gasteiger charge is -2.18. The molecule has 3 N–H and O–H groups in total. The third kappa shape index (κ3) is 4.25. The molecule has 116 valence electrons. The van der Waals surface area contributed by atoms with Gasteiger partial charge in [-0.3, -0.25) is 0 Å². The molecule has 4 nitrogen and oxygen atoms in total. The number of benzene rings is 1. The third-order valence-electron chi connectivity index (χ3n) is 3.94. The summed E-state index contributed by atoms with van der Waals surface area (Å²) in [7, 11) is -3.53. The van der Waals surface area contributed by atoms with Crippen LogP contribution >= 0.6 is 12.2 Å². The van der Waals surface area contributed by atoms with Gasteiger partial charge in [0.2, 0.25) is 10.0 Å². The molecule has 2 rings (SSSR count). The molecule has 21 heavy (non-hydrogen) atoms. The van der Waals surface area contributed by atoms with Gasteiger partial charge in [-0.1, -0.05) is 50.0 Å². The topological polar surface area (TPSA) is 72.2 Å². The lowest BCUT2D eigenvalue weighted by molar-refractivity contribution is 0.509. The summed E-state index contributed by atoms with van der Waals surface area (Å²) in [5.74, 6) is 0. The van der Waals surface area contributed by atoms with E-state index in [0.29, 0.717) is 11.1 Å². The largest absolute Gasteiger partial charge is 0.389 e. The zero-order chi connectivity index (χ0) is 15.5. The molecular formula is C15H22N2O2S2. The van der Waals surface area contributed by atoms with Crippen LogP contribution in [0.1, 0.15) is 49.7 Å². The van der Waals surface area contributed by atoms with Crippen LogP contribution in [0.3, 0.4) is 0 Å². The molecule has 6 heteroatoms. The van der Waals surface area contributed by atoms with Crippen LogP contribution in [0, 0.1) is 6.92 Å². The highest BCUT2D eigenvalue weighted by molar-refractivity contribution is 7.89. The highest BCUT2D eigenvalue weighted by Gasteiger charge is 2.23. The lowest BCUT2D eigenvalue weighted by atomic mass is 10.1. The van der Waals surface area contributed by atoms with Crippen molar-refractivity contribution >= 4 is 27.2 Å². The number of nitrogens with two attached hydrogens (primary N) is 1. The molecule has 0 saturated heterocycles. The van der Waals surface area contributed by atoms with Gasteiger partial charge >= 0.3 is 0 Å². The summed E-state index contributed by atoms with van der Waals surface area (Å²) in [4.78, 5) is 0.484. The van der Waals surface area contributed by atoms with E-state index in [4.69, 9.17) is 18.0 Å². The van der Waals surface area contributed by atoms with Crippen LogP contribution in [-0.2, 0) is 10.0 Å². The van der Waals surface area contributed by atoms with Crippen molar-refractivity contribution in [1.82, 2.24) is 4.72 Å². The van der Waals surface area contributed by atoms with E-state index >= 15 is 0 Å². The van der Waals surface area contributed by atoms with E-state index in [0.717, 1.165) is 25.7 Å². The van der Waals surface area contributed by atoms with Crippen LogP contribution in [0.5, 0.6) is 0 Å². The number of hydrogen-bond acceptors (Lipinski definition) is 3. The quantitative estimate of drug-likeness (QED) is 0.659. The molecule has 0 radical (unpaired) electrons. The zero-order valence-electron chi connectivity index (χ0n) is 12.3.